The topological polar surface area (TPSA) is 79.0 Å². The van der Waals surface area contributed by atoms with Gasteiger partial charge in [0.25, 0.3) is 5.91 Å². The lowest BCUT2D eigenvalue weighted by Gasteiger charge is -2.34. The minimum Gasteiger partial charge on any atom is -0.445 e. The number of nitrogens with one attached hydrogen (secondary N) is 1. The zero-order valence-electron chi connectivity index (χ0n) is 11.9. The van der Waals surface area contributed by atoms with Gasteiger partial charge in [0.15, 0.2) is 0 Å². The van der Waals surface area contributed by atoms with E-state index in [1.807, 2.05) is 30.3 Å². The highest BCUT2D eigenvalue weighted by molar-refractivity contribution is 6.00. The Labute approximate surface area is 122 Å². The van der Waals surface area contributed by atoms with E-state index in [4.69, 9.17) is 4.74 Å². The number of carbonyl (C=O) groups excluding carboxylic acids is 3. The number of amides is 4. The van der Waals surface area contributed by atoms with E-state index in [2.05, 4.69) is 5.32 Å². The predicted octanol–water partition coefficient (Wildman–Crippen LogP) is 0.805. The molecule has 1 aliphatic heterocycles. The van der Waals surface area contributed by atoms with Gasteiger partial charge in [-0.25, -0.2) is 9.59 Å². The van der Waals surface area contributed by atoms with Crippen molar-refractivity contribution in [3.05, 3.63) is 35.9 Å². The number of rotatable bonds is 3. The fraction of sp³-hybridized carbons (Fsp3) is 0.357. The van der Waals surface area contributed by atoms with Gasteiger partial charge >= 0.3 is 12.1 Å². The van der Waals surface area contributed by atoms with Crippen LogP contribution in [-0.2, 0) is 16.1 Å². The van der Waals surface area contributed by atoms with E-state index in [0.717, 1.165) is 10.5 Å². The number of nitrogens with zero attached hydrogens (tertiary/aromatic N) is 2. The standard InChI is InChI=1S/C14H17N3O4/c1-16-8-11(12(18)17(2)14(16)20)15-13(19)21-9-10-6-4-3-5-7-10/h3-7,11H,8-9H2,1-2H3,(H,15,19). The lowest BCUT2D eigenvalue weighted by Crippen LogP contribution is -2.61. The third-order valence-corrected chi connectivity index (χ3v) is 3.20. The Balaban J connectivity index is 1.87. The van der Waals surface area contributed by atoms with Gasteiger partial charge in [-0.15, -0.1) is 0 Å². The summed E-state index contributed by atoms with van der Waals surface area (Å²) in [4.78, 5) is 37.5. The zero-order valence-corrected chi connectivity index (χ0v) is 11.9. The molecule has 1 heterocycles. The number of alkyl carbamates (subject to hydrolysis) is 1. The maximum absolute atomic E-state index is 11.9. The van der Waals surface area contributed by atoms with Crippen LogP contribution >= 0.6 is 0 Å². The number of benzene rings is 1. The molecule has 0 aliphatic carbocycles. The van der Waals surface area contributed by atoms with Crippen molar-refractivity contribution < 1.29 is 19.1 Å². The van der Waals surface area contributed by atoms with E-state index < -0.39 is 24.1 Å². The molecule has 1 aromatic carbocycles. The first-order valence-electron chi connectivity index (χ1n) is 6.49. The summed E-state index contributed by atoms with van der Waals surface area (Å²) in [6, 6.07) is 8.04. The first-order valence-corrected chi connectivity index (χ1v) is 6.49. The maximum Gasteiger partial charge on any atom is 0.408 e. The molecule has 4 amide bonds. The molecule has 0 spiro atoms. The molecule has 0 radical (unpaired) electrons. The number of likely N-dealkylation sites (N-methyl/N-ethyl adjacent to an activating group) is 2. The Hall–Kier alpha value is -2.57. The maximum atomic E-state index is 11.9. The normalized spacial score (nSPS) is 18.7. The highest BCUT2D eigenvalue weighted by atomic mass is 16.5. The summed E-state index contributed by atoms with van der Waals surface area (Å²) in [7, 11) is 2.94. The van der Waals surface area contributed by atoms with Crippen LogP contribution < -0.4 is 5.32 Å². The summed E-state index contributed by atoms with van der Waals surface area (Å²) in [6.45, 7) is 0.251. The Bertz CT molecular complexity index is 546. The fourth-order valence-corrected chi connectivity index (χ4v) is 2.03. The van der Waals surface area contributed by atoms with Gasteiger partial charge < -0.3 is 15.0 Å². The van der Waals surface area contributed by atoms with Crippen LogP contribution in [0, 0.1) is 0 Å². The highest BCUT2D eigenvalue weighted by Crippen LogP contribution is 2.08. The molecule has 0 saturated carbocycles. The second-order valence-corrected chi connectivity index (χ2v) is 4.82. The van der Waals surface area contributed by atoms with Crippen molar-refractivity contribution in [2.45, 2.75) is 12.6 Å². The molecule has 1 unspecified atom stereocenters. The molecule has 1 N–H and O–H groups in total. The molecule has 1 aromatic rings. The summed E-state index contributed by atoms with van der Waals surface area (Å²) < 4.78 is 5.05. The van der Waals surface area contributed by atoms with Crippen LogP contribution in [0.15, 0.2) is 30.3 Å². The number of hydrogen-bond acceptors (Lipinski definition) is 4. The van der Waals surface area contributed by atoms with E-state index in [9.17, 15) is 14.4 Å². The molecule has 2 rings (SSSR count). The van der Waals surface area contributed by atoms with Crippen LogP contribution in [0.1, 0.15) is 5.56 Å². The number of urea groups is 1. The van der Waals surface area contributed by atoms with Gasteiger partial charge in [0.1, 0.15) is 12.6 Å². The summed E-state index contributed by atoms with van der Waals surface area (Å²) >= 11 is 0. The van der Waals surface area contributed by atoms with Gasteiger partial charge in [-0.05, 0) is 5.56 Å². The van der Waals surface area contributed by atoms with Crippen LogP contribution in [0.5, 0.6) is 0 Å². The smallest absolute Gasteiger partial charge is 0.408 e. The second-order valence-electron chi connectivity index (χ2n) is 4.82. The minimum absolute atomic E-state index is 0.123. The molecule has 7 nitrogen and oxygen atoms in total. The Kier molecular flexibility index (Phi) is 4.42. The molecule has 7 heteroatoms. The van der Waals surface area contributed by atoms with E-state index in [1.165, 1.54) is 11.9 Å². The van der Waals surface area contributed by atoms with Crippen LogP contribution in [0.25, 0.3) is 0 Å². The second kappa shape index (κ2) is 6.25. The predicted molar refractivity (Wildman–Crippen MR) is 74.3 cm³/mol. The molecule has 0 aromatic heterocycles. The van der Waals surface area contributed by atoms with Gasteiger partial charge in [0.05, 0.1) is 6.54 Å². The number of ether oxygens (including phenoxy) is 1. The fourth-order valence-electron chi connectivity index (χ4n) is 2.03. The Morgan fingerprint density at radius 2 is 1.95 bits per heavy atom. The van der Waals surface area contributed by atoms with Crippen molar-refractivity contribution in [1.82, 2.24) is 15.1 Å². The van der Waals surface area contributed by atoms with Gasteiger partial charge in [0.2, 0.25) is 0 Å². The van der Waals surface area contributed by atoms with E-state index in [1.54, 1.807) is 7.05 Å². The molecule has 1 atom stereocenters. The SMILES string of the molecule is CN1CC(NC(=O)OCc2ccccc2)C(=O)N(C)C1=O. The van der Waals surface area contributed by atoms with Crippen LogP contribution in [0.2, 0.25) is 0 Å². The summed E-state index contributed by atoms with van der Waals surface area (Å²) in [5, 5.41) is 2.47. The average Bonchev–Trinajstić information content (AvgIpc) is 2.49. The van der Waals surface area contributed by atoms with Crippen molar-refractivity contribution in [3.8, 4) is 0 Å². The van der Waals surface area contributed by atoms with Crippen LogP contribution in [-0.4, -0.2) is 54.5 Å². The molecule has 21 heavy (non-hydrogen) atoms. The van der Waals surface area contributed by atoms with Gasteiger partial charge in [-0.2, -0.15) is 0 Å². The Morgan fingerprint density at radius 3 is 2.62 bits per heavy atom. The third-order valence-electron chi connectivity index (χ3n) is 3.20. The monoisotopic (exact) mass is 291 g/mol. The average molecular weight is 291 g/mol. The van der Waals surface area contributed by atoms with Crippen LogP contribution in [0.4, 0.5) is 9.59 Å². The summed E-state index contributed by atoms with van der Waals surface area (Å²) in [5.41, 5.74) is 0.854. The largest absolute Gasteiger partial charge is 0.445 e. The van der Waals surface area contributed by atoms with Gasteiger partial charge in [-0.1, -0.05) is 30.3 Å². The Morgan fingerprint density at radius 1 is 1.29 bits per heavy atom. The van der Waals surface area contributed by atoms with E-state index in [0.29, 0.717) is 0 Å². The number of carbonyl (C=O) groups is 3. The van der Waals surface area contributed by atoms with Crippen molar-refractivity contribution >= 4 is 18.0 Å². The quantitative estimate of drug-likeness (QED) is 0.893. The van der Waals surface area contributed by atoms with Crippen molar-refractivity contribution in [2.24, 2.45) is 0 Å². The first-order chi connectivity index (χ1) is 9.99. The third kappa shape index (κ3) is 3.50. The lowest BCUT2D eigenvalue weighted by molar-refractivity contribution is -0.132. The molecular formula is C14H17N3O4. The molecule has 1 fully saturated rings. The summed E-state index contributed by atoms with van der Waals surface area (Å²) in [6.07, 6.45) is -0.687. The van der Waals surface area contributed by atoms with E-state index in [-0.39, 0.29) is 13.2 Å². The first kappa shape index (κ1) is 14.8. The minimum atomic E-state index is -0.791. The van der Waals surface area contributed by atoms with Gasteiger partial charge in [-0.3, -0.25) is 9.69 Å². The lowest BCUT2D eigenvalue weighted by atomic mass is 10.2. The van der Waals surface area contributed by atoms with Crippen molar-refractivity contribution in [1.29, 1.82) is 0 Å². The van der Waals surface area contributed by atoms with Crippen molar-refractivity contribution in [3.63, 3.8) is 0 Å². The number of hydrogen-bond donors (Lipinski definition) is 1. The van der Waals surface area contributed by atoms with Crippen LogP contribution in [0.3, 0.4) is 0 Å². The molecule has 0 bridgehead atoms. The summed E-state index contributed by atoms with van der Waals surface area (Å²) in [5.74, 6) is -0.449. The molecule has 112 valence electrons. The van der Waals surface area contributed by atoms with E-state index >= 15 is 0 Å². The number of imide groups is 1. The highest BCUT2D eigenvalue weighted by Gasteiger charge is 2.36. The molecule has 1 saturated heterocycles. The zero-order chi connectivity index (χ0) is 15.4. The van der Waals surface area contributed by atoms with Gasteiger partial charge in [0, 0.05) is 14.1 Å². The molecule has 1 aliphatic rings. The van der Waals surface area contributed by atoms with Crippen molar-refractivity contribution in [2.75, 3.05) is 20.6 Å². The molecular weight excluding hydrogens is 274 g/mol.